The van der Waals surface area contributed by atoms with Crippen molar-refractivity contribution in [3.63, 3.8) is 0 Å². The van der Waals surface area contributed by atoms with Crippen LogP contribution < -0.4 is 5.32 Å². The zero-order chi connectivity index (χ0) is 20.2. The average molecular weight is 391 g/mol. The van der Waals surface area contributed by atoms with Gasteiger partial charge in [-0.15, -0.1) is 0 Å². The second-order valence-electron chi connectivity index (χ2n) is 6.90. The highest BCUT2D eigenvalue weighted by atomic mass is 35.5. The molecule has 1 aromatic carbocycles. The van der Waals surface area contributed by atoms with E-state index in [4.69, 9.17) is 16.9 Å². The maximum Gasteiger partial charge on any atom is 0.408 e. The second-order valence-corrected chi connectivity index (χ2v) is 7.26. The minimum absolute atomic E-state index is 0.0684. The Morgan fingerprint density at radius 1 is 1.41 bits per heavy atom. The molecule has 0 unspecified atom stereocenters. The lowest BCUT2D eigenvalue weighted by Crippen LogP contribution is -2.49. The number of carbonyl (C=O) groups is 1. The van der Waals surface area contributed by atoms with E-state index in [1.807, 2.05) is 30.3 Å². The molecule has 27 heavy (non-hydrogen) atoms. The number of nitrogens with one attached hydrogen (secondary N) is 1. The van der Waals surface area contributed by atoms with Crippen LogP contribution in [0.2, 0.25) is 5.15 Å². The van der Waals surface area contributed by atoms with E-state index in [1.54, 1.807) is 26.8 Å². The molecule has 1 heterocycles. The summed E-state index contributed by atoms with van der Waals surface area (Å²) in [4.78, 5) is 17.1. The van der Waals surface area contributed by atoms with Crippen molar-refractivity contribution in [1.82, 2.24) is 9.88 Å². The van der Waals surface area contributed by atoms with Gasteiger partial charge in [0.05, 0.1) is 11.6 Å². The summed E-state index contributed by atoms with van der Waals surface area (Å²) in [5.74, 6) is -0.875. The molecule has 0 saturated heterocycles. The molecule has 1 aromatic heterocycles. The second kappa shape index (κ2) is 8.23. The van der Waals surface area contributed by atoms with E-state index in [-0.39, 0.29) is 23.1 Å². The van der Waals surface area contributed by atoms with Gasteiger partial charge in [0.15, 0.2) is 11.6 Å². The van der Waals surface area contributed by atoms with Gasteiger partial charge in [0, 0.05) is 12.1 Å². The number of carboxylic acid groups (broad SMARTS) is 1. The SMILES string of the molecule is CC(C)(C)N(C(=O)O)[C@H](CNc1nc(Cl)c(C#N)cc1F)c1ccccc1. The number of benzene rings is 1. The third-order valence-electron chi connectivity index (χ3n) is 3.94. The maximum absolute atomic E-state index is 14.2. The van der Waals surface area contributed by atoms with E-state index in [0.717, 1.165) is 11.6 Å². The number of hydrogen-bond donors (Lipinski definition) is 2. The standard InChI is InChI=1S/C19H20ClFN4O2/c1-19(2,3)25(18(26)27)15(12-7-5-4-6-8-12)11-23-17-14(21)9-13(10-22)16(20)24-17/h4-9,15H,11H2,1-3H3,(H,23,24)(H,26,27)/t15-/m1/s1. The molecular formula is C19H20ClFN4O2. The number of anilines is 1. The van der Waals surface area contributed by atoms with Gasteiger partial charge in [-0.2, -0.15) is 5.26 Å². The van der Waals surface area contributed by atoms with Gasteiger partial charge in [0.2, 0.25) is 0 Å². The van der Waals surface area contributed by atoms with Gasteiger partial charge in [0.1, 0.15) is 11.2 Å². The molecule has 142 valence electrons. The van der Waals surface area contributed by atoms with Crippen molar-refractivity contribution in [2.75, 3.05) is 11.9 Å². The topological polar surface area (TPSA) is 89.2 Å². The molecule has 1 atom stereocenters. The van der Waals surface area contributed by atoms with Crippen molar-refractivity contribution in [3.8, 4) is 6.07 Å². The lowest BCUT2D eigenvalue weighted by Gasteiger charge is -2.40. The normalized spacial score (nSPS) is 12.1. The quantitative estimate of drug-likeness (QED) is 0.723. The van der Waals surface area contributed by atoms with Crippen LogP contribution in [-0.4, -0.2) is 33.2 Å². The molecule has 0 aliphatic rings. The van der Waals surface area contributed by atoms with Crippen molar-refractivity contribution >= 4 is 23.5 Å². The number of amides is 1. The van der Waals surface area contributed by atoms with Crippen molar-refractivity contribution in [2.45, 2.75) is 32.4 Å². The van der Waals surface area contributed by atoms with Gasteiger partial charge in [-0.1, -0.05) is 41.9 Å². The Kier molecular flexibility index (Phi) is 6.24. The number of pyridine rings is 1. The Labute approximate surface area is 162 Å². The number of aromatic nitrogens is 1. The number of rotatable bonds is 5. The molecule has 2 N–H and O–H groups in total. The molecule has 0 spiro atoms. The maximum atomic E-state index is 14.2. The highest BCUT2D eigenvalue weighted by molar-refractivity contribution is 6.30. The van der Waals surface area contributed by atoms with Crippen LogP contribution in [-0.2, 0) is 0 Å². The van der Waals surface area contributed by atoms with E-state index in [0.29, 0.717) is 0 Å². The fourth-order valence-corrected chi connectivity index (χ4v) is 2.96. The third-order valence-corrected chi connectivity index (χ3v) is 4.23. The summed E-state index contributed by atoms with van der Waals surface area (Å²) in [6, 6.07) is 11.2. The number of halogens is 2. The molecule has 2 rings (SSSR count). The predicted molar refractivity (Wildman–Crippen MR) is 101 cm³/mol. The van der Waals surface area contributed by atoms with Crippen LogP contribution in [0.25, 0.3) is 0 Å². The number of nitrogens with zero attached hydrogens (tertiary/aromatic N) is 3. The highest BCUT2D eigenvalue weighted by Gasteiger charge is 2.34. The molecule has 6 nitrogen and oxygen atoms in total. The van der Waals surface area contributed by atoms with Crippen LogP contribution >= 0.6 is 11.6 Å². The lowest BCUT2D eigenvalue weighted by atomic mass is 9.98. The van der Waals surface area contributed by atoms with Crippen molar-refractivity contribution in [1.29, 1.82) is 5.26 Å². The number of hydrogen-bond acceptors (Lipinski definition) is 4. The van der Waals surface area contributed by atoms with Gasteiger partial charge in [-0.25, -0.2) is 14.2 Å². The van der Waals surface area contributed by atoms with Gasteiger partial charge >= 0.3 is 6.09 Å². The molecular weight excluding hydrogens is 371 g/mol. The summed E-state index contributed by atoms with van der Waals surface area (Å²) < 4.78 is 14.2. The highest BCUT2D eigenvalue weighted by Crippen LogP contribution is 2.29. The van der Waals surface area contributed by atoms with E-state index >= 15 is 0 Å². The first-order valence-electron chi connectivity index (χ1n) is 8.22. The Balaban J connectivity index is 2.38. The van der Waals surface area contributed by atoms with E-state index in [1.165, 1.54) is 4.90 Å². The van der Waals surface area contributed by atoms with Gasteiger partial charge in [-0.05, 0) is 32.4 Å². The van der Waals surface area contributed by atoms with E-state index in [9.17, 15) is 14.3 Å². The summed E-state index contributed by atoms with van der Waals surface area (Å²) in [7, 11) is 0. The molecule has 1 amide bonds. The first-order valence-corrected chi connectivity index (χ1v) is 8.60. The summed E-state index contributed by atoms with van der Waals surface area (Å²) in [5, 5.41) is 21.4. The molecule has 0 radical (unpaired) electrons. The fraction of sp³-hybridized carbons (Fsp3) is 0.316. The largest absolute Gasteiger partial charge is 0.465 e. The van der Waals surface area contributed by atoms with Crippen LogP contribution in [0, 0.1) is 17.1 Å². The summed E-state index contributed by atoms with van der Waals surface area (Å²) in [6.45, 7) is 5.43. The molecule has 0 aliphatic heterocycles. The Hall–Kier alpha value is -2.85. The van der Waals surface area contributed by atoms with Gasteiger partial charge in [-0.3, -0.25) is 4.90 Å². The van der Waals surface area contributed by atoms with Crippen LogP contribution in [0.15, 0.2) is 36.4 Å². The summed E-state index contributed by atoms with van der Waals surface area (Å²) >= 11 is 5.87. The third kappa shape index (κ3) is 4.86. The van der Waals surface area contributed by atoms with Crippen LogP contribution in [0.3, 0.4) is 0 Å². The first kappa shape index (κ1) is 20.5. The molecule has 2 aromatic rings. The molecule has 0 bridgehead atoms. The van der Waals surface area contributed by atoms with Gasteiger partial charge < -0.3 is 10.4 Å². The Morgan fingerprint density at radius 3 is 2.56 bits per heavy atom. The minimum atomic E-state index is -1.09. The first-order chi connectivity index (χ1) is 12.6. The zero-order valence-corrected chi connectivity index (χ0v) is 16.0. The van der Waals surface area contributed by atoms with Crippen molar-refractivity contribution < 1.29 is 14.3 Å². The van der Waals surface area contributed by atoms with E-state index in [2.05, 4.69) is 10.3 Å². The average Bonchev–Trinajstić information content (AvgIpc) is 2.59. The smallest absolute Gasteiger partial charge is 0.408 e. The predicted octanol–water partition coefficient (Wildman–Crippen LogP) is 4.68. The lowest BCUT2D eigenvalue weighted by molar-refractivity contribution is 0.0733. The minimum Gasteiger partial charge on any atom is -0.465 e. The monoisotopic (exact) mass is 390 g/mol. The molecule has 8 heteroatoms. The molecule has 0 saturated carbocycles. The molecule has 0 aliphatic carbocycles. The Bertz CT molecular complexity index is 862. The van der Waals surface area contributed by atoms with Crippen LogP contribution in [0.1, 0.15) is 37.9 Å². The van der Waals surface area contributed by atoms with Crippen LogP contribution in [0.4, 0.5) is 15.0 Å². The van der Waals surface area contributed by atoms with Gasteiger partial charge in [0.25, 0.3) is 0 Å². The zero-order valence-electron chi connectivity index (χ0n) is 15.2. The van der Waals surface area contributed by atoms with Crippen molar-refractivity contribution in [3.05, 3.63) is 58.5 Å². The van der Waals surface area contributed by atoms with Crippen LogP contribution in [0.5, 0.6) is 0 Å². The fourth-order valence-electron chi connectivity index (χ4n) is 2.78. The Morgan fingerprint density at radius 2 is 2.04 bits per heavy atom. The summed E-state index contributed by atoms with van der Waals surface area (Å²) in [5.41, 5.74) is -0.00822. The summed E-state index contributed by atoms with van der Waals surface area (Å²) in [6.07, 6.45) is -1.09. The number of nitriles is 1. The molecule has 0 fully saturated rings. The van der Waals surface area contributed by atoms with E-state index < -0.39 is 23.5 Å². The van der Waals surface area contributed by atoms with Crippen molar-refractivity contribution in [2.24, 2.45) is 0 Å².